The number of hydrogen-bond acceptors (Lipinski definition) is 4. The number of anilines is 1. The van der Waals surface area contributed by atoms with E-state index in [4.69, 9.17) is 9.47 Å². The minimum Gasteiger partial charge on any atom is -0.486 e. The fraction of sp³-hybridized carbons (Fsp3) is 0.176. The van der Waals surface area contributed by atoms with Gasteiger partial charge in [0, 0.05) is 31.2 Å². The topological polar surface area (TPSA) is 70.3 Å². The van der Waals surface area contributed by atoms with E-state index >= 15 is 0 Å². The predicted molar refractivity (Wildman–Crippen MR) is 87.9 cm³/mol. The molecule has 0 bridgehead atoms. The number of carbonyl (C=O) groups excluding carboxylic acids is 1. The summed E-state index contributed by atoms with van der Waals surface area (Å²) < 4.78 is 14.5. The van der Waals surface area contributed by atoms with Crippen LogP contribution in [0, 0.1) is 0 Å². The predicted octanol–water partition coefficient (Wildman–Crippen LogP) is 2.23. The minimum atomic E-state index is -0.233. The SMILES string of the molecule is Cn1ncc(C(=O)Nc2ccc3c(c2)OCCO3)c1-n1cccc1. The number of benzene rings is 1. The van der Waals surface area contributed by atoms with E-state index in [0.29, 0.717) is 41.8 Å². The lowest BCUT2D eigenvalue weighted by atomic mass is 10.2. The van der Waals surface area contributed by atoms with Gasteiger partial charge in [0.25, 0.3) is 5.91 Å². The highest BCUT2D eigenvalue weighted by molar-refractivity contribution is 6.06. The average molecular weight is 324 g/mol. The summed E-state index contributed by atoms with van der Waals surface area (Å²) in [5.74, 6) is 1.79. The molecule has 0 aliphatic carbocycles. The molecule has 7 heteroatoms. The van der Waals surface area contributed by atoms with E-state index in [1.165, 1.54) is 0 Å². The zero-order chi connectivity index (χ0) is 16.5. The first-order valence-corrected chi connectivity index (χ1v) is 7.59. The van der Waals surface area contributed by atoms with E-state index in [-0.39, 0.29) is 5.91 Å². The van der Waals surface area contributed by atoms with Crippen molar-refractivity contribution in [2.45, 2.75) is 0 Å². The number of fused-ring (bicyclic) bond motifs is 1. The minimum absolute atomic E-state index is 0.233. The van der Waals surface area contributed by atoms with Crippen molar-refractivity contribution in [1.29, 1.82) is 0 Å². The van der Waals surface area contributed by atoms with Crippen molar-refractivity contribution >= 4 is 11.6 Å². The smallest absolute Gasteiger partial charge is 0.261 e. The van der Waals surface area contributed by atoms with E-state index in [1.807, 2.05) is 29.1 Å². The van der Waals surface area contributed by atoms with Crippen LogP contribution < -0.4 is 14.8 Å². The van der Waals surface area contributed by atoms with E-state index in [9.17, 15) is 4.79 Å². The molecule has 3 aromatic rings. The van der Waals surface area contributed by atoms with Gasteiger partial charge < -0.3 is 19.4 Å². The molecule has 122 valence electrons. The number of nitrogens with one attached hydrogen (secondary N) is 1. The molecule has 7 nitrogen and oxygen atoms in total. The molecule has 1 aliphatic heterocycles. The van der Waals surface area contributed by atoms with Gasteiger partial charge in [-0.05, 0) is 24.3 Å². The van der Waals surface area contributed by atoms with Gasteiger partial charge >= 0.3 is 0 Å². The molecule has 0 fully saturated rings. The summed E-state index contributed by atoms with van der Waals surface area (Å²) in [6.07, 6.45) is 5.30. The summed E-state index contributed by atoms with van der Waals surface area (Å²) >= 11 is 0. The fourth-order valence-electron chi connectivity index (χ4n) is 2.69. The van der Waals surface area contributed by atoms with Gasteiger partial charge in [-0.15, -0.1) is 0 Å². The van der Waals surface area contributed by atoms with Crippen LogP contribution in [0.3, 0.4) is 0 Å². The maximum Gasteiger partial charge on any atom is 0.261 e. The highest BCUT2D eigenvalue weighted by Crippen LogP contribution is 2.32. The lowest BCUT2D eigenvalue weighted by Crippen LogP contribution is -2.17. The summed E-state index contributed by atoms with van der Waals surface area (Å²) in [6, 6.07) is 9.14. The van der Waals surface area contributed by atoms with Crippen LogP contribution in [0.5, 0.6) is 11.5 Å². The molecule has 1 aliphatic rings. The largest absolute Gasteiger partial charge is 0.486 e. The van der Waals surface area contributed by atoms with Crippen LogP contribution in [0.1, 0.15) is 10.4 Å². The molecule has 0 saturated heterocycles. The third kappa shape index (κ3) is 2.50. The molecular weight excluding hydrogens is 308 g/mol. The Morgan fingerprint density at radius 1 is 1.17 bits per heavy atom. The van der Waals surface area contributed by atoms with Gasteiger partial charge in [0.05, 0.1) is 6.20 Å². The Kier molecular flexibility index (Phi) is 3.45. The average Bonchev–Trinajstić information content (AvgIpc) is 3.23. The first-order chi connectivity index (χ1) is 11.7. The van der Waals surface area contributed by atoms with Gasteiger partial charge in [0.1, 0.15) is 24.6 Å². The number of carbonyl (C=O) groups is 1. The Morgan fingerprint density at radius 2 is 1.92 bits per heavy atom. The van der Waals surface area contributed by atoms with Crippen LogP contribution in [-0.2, 0) is 7.05 Å². The number of ether oxygens (including phenoxy) is 2. The second-order valence-corrected chi connectivity index (χ2v) is 5.41. The molecule has 4 rings (SSSR count). The van der Waals surface area contributed by atoms with Crippen LogP contribution in [0.4, 0.5) is 5.69 Å². The van der Waals surface area contributed by atoms with Crippen LogP contribution in [0.25, 0.3) is 5.82 Å². The fourth-order valence-corrected chi connectivity index (χ4v) is 2.69. The Bertz CT molecular complexity index is 883. The van der Waals surface area contributed by atoms with Gasteiger partial charge in [-0.25, -0.2) is 0 Å². The molecule has 24 heavy (non-hydrogen) atoms. The zero-order valence-electron chi connectivity index (χ0n) is 13.1. The van der Waals surface area contributed by atoms with Crippen molar-refractivity contribution in [2.75, 3.05) is 18.5 Å². The Hall–Kier alpha value is -3.22. The summed E-state index contributed by atoms with van der Waals surface area (Å²) in [6.45, 7) is 1.04. The number of amides is 1. The standard InChI is InChI=1S/C17H16N4O3/c1-20-17(21-6-2-3-7-21)13(11-18-20)16(22)19-12-4-5-14-15(10-12)24-9-8-23-14/h2-7,10-11H,8-9H2,1H3,(H,19,22). The number of nitrogens with zero attached hydrogens (tertiary/aromatic N) is 3. The second kappa shape index (κ2) is 5.77. The third-order valence-corrected chi connectivity index (χ3v) is 3.80. The Labute approximate surface area is 138 Å². The lowest BCUT2D eigenvalue weighted by molar-refractivity contribution is 0.102. The van der Waals surface area contributed by atoms with Crippen LogP contribution >= 0.6 is 0 Å². The molecule has 1 amide bonds. The molecule has 3 heterocycles. The van der Waals surface area contributed by atoms with Gasteiger partial charge in [-0.2, -0.15) is 5.10 Å². The van der Waals surface area contributed by atoms with E-state index < -0.39 is 0 Å². The third-order valence-electron chi connectivity index (χ3n) is 3.80. The summed E-state index contributed by atoms with van der Waals surface area (Å²) in [4.78, 5) is 12.7. The van der Waals surface area contributed by atoms with Gasteiger partial charge in [0.15, 0.2) is 11.5 Å². The van der Waals surface area contributed by atoms with E-state index in [2.05, 4.69) is 10.4 Å². The number of aromatic nitrogens is 3. The van der Waals surface area contributed by atoms with E-state index in [0.717, 1.165) is 0 Å². The highest BCUT2D eigenvalue weighted by atomic mass is 16.6. The molecule has 0 unspecified atom stereocenters. The van der Waals surface area contributed by atoms with Gasteiger partial charge in [-0.1, -0.05) is 0 Å². The second-order valence-electron chi connectivity index (χ2n) is 5.41. The highest BCUT2D eigenvalue weighted by Gasteiger charge is 2.18. The first-order valence-electron chi connectivity index (χ1n) is 7.59. The molecule has 1 N–H and O–H groups in total. The first kappa shape index (κ1) is 14.4. The zero-order valence-corrected chi connectivity index (χ0v) is 13.1. The molecule has 0 radical (unpaired) electrons. The molecule has 1 aromatic carbocycles. The molecule has 0 saturated carbocycles. The summed E-state index contributed by atoms with van der Waals surface area (Å²) in [5.41, 5.74) is 1.13. The quantitative estimate of drug-likeness (QED) is 0.802. The Balaban J connectivity index is 1.61. The van der Waals surface area contributed by atoms with Gasteiger partial charge in [-0.3, -0.25) is 9.48 Å². The maximum atomic E-state index is 12.7. The molecule has 0 atom stereocenters. The number of aryl methyl sites for hydroxylation is 1. The number of rotatable bonds is 3. The van der Waals surface area contributed by atoms with Crippen molar-refractivity contribution in [3.8, 4) is 17.3 Å². The summed E-state index contributed by atoms with van der Waals surface area (Å²) in [7, 11) is 1.80. The summed E-state index contributed by atoms with van der Waals surface area (Å²) in [5, 5.41) is 7.08. The van der Waals surface area contributed by atoms with Crippen LogP contribution in [0.15, 0.2) is 48.9 Å². The van der Waals surface area contributed by atoms with Crippen molar-refractivity contribution in [3.63, 3.8) is 0 Å². The normalized spacial score (nSPS) is 12.9. The van der Waals surface area contributed by atoms with Crippen molar-refractivity contribution in [3.05, 3.63) is 54.5 Å². The monoisotopic (exact) mass is 324 g/mol. The number of hydrogen-bond donors (Lipinski definition) is 1. The molecule has 2 aromatic heterocycles. The molecular formula is C17H16N4O3. The maximum absolute atomic E-state index is 12.7. The molecule has 0 spiro atoms. The Morgan fingerprint density at radius 3 is 2.71 bits per heavy atom. The van der Waals surface area contributed by atoms with Crippen molar-refractivity contribution in [1.82, 2.24) is 14.3 Å². The van der Waals surface area contributed by atoms with Crippen molar-refractivity contribution in [2.24, 2.45) is 7.05 Å². The van der Waals surface area contributed by atoms with Gasteiger partial charge in [0.2, 0.25) is 0 Å². The van der Waals surface area contributed by atoms with E-state index in [1.54, 1.807) is 36.1 Å². The van der Waals surface area contributed by atoms with Crippen molar-refractivity contribution < 1.29 is 14.3 Å². The lowest BCUT2D eigenvalue weighted by Gasteiger charge is -2.19. The van der Waals surface area contributed by atoms with Crippen LogP contribution in [-0.4, -0.2) is 33.5 Å². The van der Waals surface area contributed by atoms with Crippen LogP contribution in [0.2, 0.25) is 0 Å².